The molecular formula is C9H15N. The largest absolute Gasteiger partial charge is 0.198 e. The van der Waals surface area contributed by atoms with E-state index in [9.17, 15) is 0 Å². The monoisotopic (exact) mass is 137 g/mol. The van der Waals surface area contributed by atoms with Gasteiger partial charge in [0.15, 0.2) is 0 Å². The number of allylic oxidation sites excluding steroid dienone is 2. The molecule has 0 rings (SSSR count). The highest BCUT2D eigenvalue weighted by atomic mass is 14.3. The molecule has 1 nitrogen and oxygen atoms in total. The molecule has 0 amide bonds. The SMILES string of the molecule is CC/C=C/CC(C#N)CC. The molecule has 0 aromatic rings. The number of nitrogens with zero attached hydrogens (tertiary/aromatic N) is 1. The van der Waals surface area contributed by atoms with Crippen LogP contribution in [0.4, 0.5) is 0 Å². The lowest BCUT2D eigenvalue weighted by Crippen LogP contribution is -1.90. The van der Waals surface area contributed by atoms with Gasteiger partial charge in [-0.1, -0.05) is 26.0 Å². The Morgan fingerprint density at radius 2 is 2.10 bits per heavy atom. The van der Waals surface area contributed by atoms with Gasteiger partial charge in [0.25, 0.3) is 0 Å². The fraction of sp³-hybridized carbons (Fsp3) is 0.667. The van der Waals surface area contributed by atoms with E-state index >= 15 is 0 Å². The fourth-order valence-electron chi connectivity index (χ4n) is 0.738. The standard InChI is InChI=1S/C9H15N/c1-3-5-6-7-9(4-2)8-10/h5-6,9H,3-4,7H2,1-2H3/b6-5+. The molecule has 0 aliphatic heterocycles. The lowest BCUT2D eigenvalue weighted by molar-refractivity contribution is 0.651. The molecule has 0 fully saturated rings. The maximum atomic E-state index is 8.54. The Kier molecular flexibility index (Phi) is 5.86. The van der Waals surface area contributed by atoms with Gasteiger partial charge in [-0.3, -0.25) is 0 Å². The van der Waals surface area contributed by atoms with E-state index in [4.69, 9.17) is 5.26 Å². The average molecular weight is 137 g/mol. The van der Waals surface area contributed by atoms with Gasteiger partial charge in [-0.05, 0) is 19.3 Å². The van der Waals surface area contributed by atoms with Crippen molar-refractivity contribution in [2.24, 2.45) is 5.92 Å². The first-order valence-electron chi connectivity index (χ1n) is 3.89. The third kappa shape index (κ3) is 4.14. The van der Waals surface area contributed by atoms with Crippen LogP contribution in [-0.4, -0.2) is 0 Å². The summed E-state index contributed by atoms with van der Waals surface area (Å²) in [5, 5.41) is 8.54. The molecule has 0 heterocycles. The Balaban J connectivity index is 3.46. The summed E-state index contributed by atoms with van der Waals surface area (Å²) < 4.78 is 0. The second kappa shape index (κ2) is 6.35. The van der Waals surface area contributed by atoms with Crippen molar-refractivity contribution in [1.82, 2.24) is 0 Å². The molecule has 0 N–H and O–H groups in total. The minimum atomic E-state index is 0.225. The van der Waals surface area contributed by atoms with Crippen LogP contribution < -0.4 is 0 Å². The Morgan fingerprint density at radius 1 is 1.40 bits per heavy atom. The van der Waals surface area contributed by atoms with E-state index in [0.717, 1.165) is 19.3 Å². The van der Waals surface area contributed by atoms with Crippen molar-refractivity contribution in [1.29, 1.82) is 5.26 Å². The van der Waals surface area contributed by atoms with E-state index in [1.807, 2.05) is 6.92 Å². The molecule has 56 valence electrons. The Bertz CT molecular complexity index is 130. The van der Waals surface area contributed by atoms with Crippen molar-refractivity contribution in [3.8, 4) is 6.07 Å². The molecule has 1 atom stereocenters. The zero-order chi connectivity index (χ0) is 7.82. The molecule has 0 radical (unpaired) electrons. The highest BCUT2D eigenvalue weighted by Crippen LogP contribution is 2.06. The number of hydrogen-bond donors (Lipinski definition) is 0. The second-order valence-corrected chi connectivity index (χ2v) is 2.35. The van der Waals surface area contributed by atoms with E-state index < -0.39 is 0 Å². The van der Waals surface area contributed by atoms with E-state index in [0.29, 0.717) is 0 Å². The fourth-order valence-corrected chi connectivity index (χ4v) is 0.738. The van der Waals surface area contributed by atoms with Gasteiger partial charge in [0, 0.05) is 5.92 Å². The van der Waals surface area contributed by atoms with E-state index in [-0.39, 0.29) is 5.92 Å². The van der Waals surface area contributed by atoms with Crippen LogP contribution in [0, 0.1) is 17.2 Å². The summed E-state index contributed by atoms with van der Waals surface area (Å²) in [6, 6.07) is 2.26. The second-order valence-electron chi connectivity index (χ2n) is 2.35. The van der Waals surface area contributed by atoms with Crippen molar-refractivity contribution in [2.75, 3.05) is 0 Å². The molecular weight excluding hydrogens is 122 g/mol. The zero-order valence-electron chi connectivity index (χ0n) is 6.80. The van der Waals surface area contributed by atoms with E-state index in [1.165, 1.54) is 0 Å². The highest BCUT2D eigenvalue weighted by molar-refractivity contribution is 4.90. The van der Waals surface area contributed by atoms with Gasteiger partial charge in [0.2, 0.25) is 0 Å². The van der Waals surface area contributed by atoms with Gasteiger partial charge >= 0.3 is 0 Å². The first-order valence-corrected chi connectivity index (χ1v) is 3.89. The molecule has 0 aliphatic carbocycles. The van der Waals surface area contributed by atoms with Crippen LogP contribution in [-0.2, 0) is 0 Å². The quantitative estimate of drug-likeness (QED) is 0.546. The number of hydrogen-bond acceptors (Lipinski definition) is 1. The smallest absolute Gasteiger partial charge is 0.0658 e. The summed E-state index contributed by atoms with van der Waals surface area (Å²) in [5.41, 5.74) is 0. The van der Waals surface area contributed by atoms with Crippen molar-refractivity contribution in [2.45, 2.75) is 33.1 Å². The maximum absolute atomic E-state index is 8.54. The third-order valence-corrected chi connectivity index (χ3v) is 1.50. The van der Waals surface area contributed by atoms with E-state index in [1.54, 1.807) is 0 Å². The molecule has 0 aromatic heterocycles. The lowest BCUT2D eigenvalue weighted by atomic mass is 10.0. The summed E-state index contributed by atoms with van der Waals surface area (Å²) in [5.74, 6) is 0.225. The Morgan fingerprint density at radius 3 is 2.50 bits per heavy atom. The normalized spacial score (nSPS) is 13.3. The number of rotatable bonds is 4. The van der Waals surface area contributed by atoms with Crippen LogP contribution in [0.15, 0.2) is 12.2 Å². The summed E-state index contributed by atoms with van der Waals surface area (Å²) in [6.45, 7) is 4.15. The highest BCUT2D eigenvalue weighted by Gasteiger charge is 1.98. The van der Waals surface area contributed by atoms with Crippen molar-refractivity contribution in [3.63, 3.8) is 0 Å². The van der Waals surface area contributed by atoms with Gasteiger partial charge in [0.05, 0.1) is 6.07 Å². The zero-order valence-corrected chi connectivity index (χ0v) is 6.80. The Hall–Kier alpha value is -0.770. The first-order chi connectivity index (χ1) is 4.85. The lowest BCUT2D eigenvalue weighted by Gasteiger charge is -1.98. The van der Waals surface area contributed by atoms with Crippen molar-refractivity contribution >= 4 is 0 Å². The van der Waals surface area contributed by atoms with Crippen molar-refractivity contribution < 1.29 is 0 Å². The minimum absolute atomic E-state index is 0.225. The first kappa shape index (κ1) is 9.23. The number of nitriles is 1. The van der Waals surface area contributed by atoms with Gasteiger partial charge in [0.1, 0.15) is 0 Å². The van der Waals surface area contributed by atoms with Gasteiger partial charge < -0.3 is 0 Å². The molecule has 1 heteroatoms. The molecule has 0 saturated carbocycles. The molecule has 0 aromatic carbocycles. The predicted molar refractivity (Wildman–Crippen MR) is 43.4 cm³/mol. The van der Waals surface area contributed by atoms with E-state index in [2.05, 4.69) is 25.1 Å². The minimum Gasteiger partial charge on any atom is -0.198 e. The van der Waals surface area contributed by atoms with Gasteiger partial charge in [-0.15, -0.1) is 0 Å². The van der Waals surface area contributed by atoms with Crippen LogP contribution in [0.25, 0.3) is 0 Å². The molecule has 0 aliphatic rings. The molecule has 10 heavy (non-hydrogen) atoms. The maximum Gasteiger partial charge on any atom is 0.0658 e. The Labute approximate surface area is 63.4 Å². The van der Waals surface area contributed by atoms with Crippen LogP contribution in [0.5, 0.6) is 0 Å². The summed E-state index contributed by atoms with van der Waals surface area (Å²) in [6.07, 6.45) is 7.16. The molecule has 0 bridgehead atoms. The van der Waals surface area contributed by atoms with Crippen LogP contribution in [0.2, 0.25) is 0 Å². The molecule has 0 saturated heterocycles. The van der Waals surface area contributed by atoms with Crippen LogP contribution in [0.3, 0.4) is 0 Å². The van der Waals surface area contributed by atoms with Crippen molar-refractivity contribution in [3.05, 3.63) is 12.2 Å². The topological polar surface area (TPSA) is 23.8 Å². The predicted octanol–water partition coefficient (Wildman–Crippen LogP) is 2.89. The van der Waals surface area contributed by atoms with Crippen LogP contribution >= 0.6 is 0 Å². The average Bonchev–Trinajstić information content (AvgIpc) is 1.99. The summed E-state index contributed by atoms with van der Waals surface area (Å²) in [7, 11) is 0. The van der Waals surface area contributed by atoms with Gasteiger partial charge in [-0.25, -0.2) is 0 Å². The summed E-state index contributed by atoms with van der Waals surface area (Å²) >= 11 is 0. The molecule has 0 spiro atoms. The molecule has 1 unspecified atom stereocenters. The summed E-state index contributed by atoms with van der Waals surface area (Å²) in [4.78, 5) is 0. The van der Waals surface area contributed by atoms with Crippen LogP contribution in [0.1, 0.15) is 33.1 Å². The third-order valence-electron chi connectivity index (χ3n) is 1.50. The van der Waals surface area contributed by atoms with Gasteiger partial charge in [-0.2, -0.15) is 5.26 Å².